The van der Waals surface area contributed by atoms with Gasteiger partial charge in [0.2, 0.25) is 0 Å². The van der Waals surface area contributed by atoms with Crippen LogP contribution in [0.15, 0.2) is 24.4 Å². The van der Waals surface area contributed by atoms with Gasteiger partial charge in [-0.2, -0.15) is 9.90 Å². The third-order valence-electron chi connectivity index (χ3n) is 2.69. The number of aromatic nitrogens is 3. The van der Waals surface area contributed by atoms with E-state index in [2.05, 4.69) is 20.3 Å². The molecule has 0 spiro atoms. The molecule has 1 N–H and O–H groups in total. The number of halogens is 1. The summed E-state index contributed by atoms with van der Waals surface area (Å²) < 4.78 is 23.0. The van der Waals surface area contributed by atoms with Crippen molar-refractivity contribution in [3.63, 3.8) is 0 Å². The molecule has 0 aliphatic rings. The van der Waals surface area contributed by atoms with Crippen LogP contribution in [-0.2, 0) is 9.47 Å². The molecular weight excluding hydrogens is 295 g/mol. The zero-order valence-corrected chi connectivity index (χ0v) is 11.9. The Balaban J connectivity index is 2.22. The predicted octanol–water partition coefficient (Wildman–Crippen LogP) is 0.527. The Hall–Kier alpha value is -2.81. The van der Waals surface area contributed by atoms with E-state index in [4.69, 9.17) is 4.74 Å². The van der Waals surface area contributed by atoms with Crippen LogP contribution >= 0.6 is 0 Å². The Labute approximate surface area is 124 Å². The van der Waals surface area contributed by atoms with Crippen molar-refractivity contribution < 1.29 is 23.5 Å². The third kappa shape index (κ3) is 3.26. The van der Waals surface area contributed by atoms with E-state index in [1.54, 1.807) is 0 Å². The zero-order chi connectivity index (χ0) is 16.1. The second-order valence-electron chi connectivity index (χ2n) is 4.11. The molecule has 1 heterocycles. The van der Waals surface area contributed by atoms with Crippen molar-refractivity contribution in [1.82, 2.24) is 20.3 Å². The van der Waals surface area contributed by atoms with Crippen LogP contribution in [0, 0.1) is 5.82 Å². The van der Waals surface area contributed by atoms with Gasteiger partial charge < -0.3 is 14.8 Å². The first-order chi connectivity index (χ1) is 10.6. The van der Waals surface area contributed by atoms with E-state index in [1.165, 1.54) is 25.4 Å². The van der Waals surface area contributed by atoms with Crippen LogP contribution in [0.2, 0.25) is 0 Å². The Morgan fingerprint density at radius 2 is 2.14 bits per heavy atom. The average molecular weight is 308 g/mol. The number of amides is 1. The summed E-state index contributed by atoms with van der Waals surface area (Å²) in [5.41, 5.74) is 0.113. The highest BCUT2D eigenvalue weighted by atomic mass is 19.1. The van der Waals surface area contributed by atoms with E-state index in [9.17, 15) is 14.0 Å². The lowest BCUT2D eigenvalue weighted by molar-refractivity contribution is 0.0595. The van der Waals surface area contributed by atoms with Gasteiger partial charge in [-0.3, -0.25) is 4.79 Å². The largest absolute Gasteiger partial charge is 0.465 e. The average Bonchev–Trinajstić information content (AvgIpc) is 3.01. The molecule has 0 aliphatic heterocycles. The summed E-state index contributed by atoms with van der Waals surface area (Å²) in [4.78, 5) is 24.0. The van der Waals surface area contributed by atoms with E-state index in [0.717, 1.165) is 18.0 Å². The van der Waals surface area contributed by atoms with Gasteiger partial charge in [0, 0.05) is 13.2 Å². The van der Waals surface area contributed by atoms with Crippen molar-refractivity contribution in [3.05, 3.63) is 41.5 Å². The van der Waals surface area contributed by atoms with Gasteiger partial charge in [0.25, 0.3) is 5.91 Å². The Morgan fingerprint density at radius 1 is 1.36 bits per heavy atom. The number of carbonyl (C=O) groups is 2. The molecule has 0 fully saturated rings. The van der Waals surface area contributed by atoms with Gasteiger partial charge in [-0.25, -0.2) is 9.18 Å². The molecule has 1 aromatic carbocycles. The van der Waals surface area contributed by atoms with Crippen LogP contribution in [0.1, 0.15) is 20.8 Å². The number of benzene rings is 1. The minimum absolute atomic E-state index is 0.0359. The zero-order valence-electron chi connectivity index (χ0n) is 11.9. The molecule has 0 radical (unpaired) electrons. The van der Waals surface area contributed by atoms with Crippen LogP contribution in [0.25, 0.3) is 5.69 Å². The molecule has 0 aliphatic carbocycles. The van der Waals surface area contributed by atoms with Gasteiger partial charge in [-0.05, 0) is 12.1 Å². The maximum absolute atomic E-state index is 13.8. The minimum Gasteiger partial charge on any atom is -0.465 e. The molecule has 0 saturated heterocycles. The number of hydrogen-bond donors (Lipinski definition) is 1. The van der Waals surface area contributed by atoms with Crippen molar-refractivity contribution in [2.75, 3.05) is 21.0 Å². The summed E-state index contributed by atoms with van der Waals surface area (Å²) in [6.07, 6.45) is 1.23. The fourth-order valence-corrected chi connectivity index (χ4v) is 1.62. The molecule has 2 rings (SSSR count). The monoisotopic (exact) mass is 308 g/mol. The molecule has 1 amide bonds. The van der Waals surface area contributed by atoms with Crippen molar-refractivity contribution in [2.24, 2.45) is 0 Å². The number of nitrogens with zero attached hydrogens (tertiary/aromatic N) is 3. The highest BCUT2D eigenvalue weighted by Gasteiger charge is 2.15. The molecule has 0 saturated carbocycles. The third-order valence-corrected chi connectivity index (χ3v) is 2.69. The fourth-order valence-electron chi connectivity index (χ4n) is 1.62. The molecule has 8 nitrogen and oxygen atoms in total. The van der Waals surface area contributed by atoms with Gasteiger partial charge in [0.1, 0.15) is 12.5 Å². The summed E-state index contributed by atoms with van der Waals surface area (Å²) in [7, 11) is 2.60. The van der Waals surface area contributed by atoms with E-state index in [0.29, 0.717) is 0 Å². The minimum atomic E-state index is -0.780. The second-order valence-corrected chi connectivity index (χ2v) is 4.11. The van der Waals surface area contributed by atoms with Gasteiger partial charge in [-0.1, -0.05) is 0 Å². The summed E-state index contributed by atoms with van der Waals surface area (Å²) in [5, 5.41) is 10.2. The molecular formula is C13H13FN4O4. The topological polar surface area (TPSA) is 95.3 Å². The van der Waals surface area contributed by atoms with E-state index >= 15 is 0 Å². The lowest BCUT2D eigenvalue weighted by Crippen LogP contribution is -2.25. The fraction of sp³-hybridized carbons (Fsp3) is 0.231. The molecule has 9 heteroatoms. The summed E-state index contributed by atoms with van der Waals surface area (Å²) in [5.74, 6) is -2.02. The highest BCUT2D eigenvalue weighted by Crippen LogP contribution is 2.14. The van der Waals surface area contributed by atoms with Crippen LogP contribution in [-0.4, -0.2) is 47.8 Å². The smallest absolute Gasteiger partial charge is 0.340 e. The standard InChI is InChI=1S/C13H13FN4O4/c1-21-7-15-12(19)11-6-16-18(17-11)8-3-4-9(10(14)5-8)13(20)22-2/h3-6H,7H2,1-2H3,(H,15,19). The van der Waals surface area contributed by atoms with Gasteiger partial charge in [-0.15, -0.1) is 5.10 Å². The first-order valence-corrected chi connectivity index (χ1v) is 6.14. The summed E-state index contributed by atoms with van der Waals surface area (Å²) in [6, 6.07) is 3.76. The predicted molar refractivity (Wildman–Crippen MR) is 72.0 cm³/mol. The number of rotatable bonds is 5. The van der Waals surface area contributed by atoms with Crippen molar-refractivity contribution in [1.29, 1.82) is 0 Å². The first-order valence-electron chi connectivity index (χ1n) is 6.14. The lowest BCUT2D eigenvalue weighted by Gasteiger charge is -2.04. The molecule has 2 aromatic rings. The maximum Gasteiger partial charge on any atom is 0.340 e. The molecule has 22 heavy (non-hydrogen) atoms. The number of carbonyl (C=O) groups excluding carboxylic acids is 2. The summed E-state index contributed by atoms with van der Waals surface area (Å²) >= 11 is 0. The second kappa shape index (κ2) is 6.76. The number of nitrogens with one attached hydrogen (secondary N) is 1. The van der Waals surface area contributed by atoms with E-state index in [1.807, 2.05) is 0 Å². The maximum atomic E-state index is 13.8. The SMILES string of the molecule is COCNC(=O)c1cnn(-c2ccc(C(=O)OC)c(F)c2)n1. The highest BCUT2D eigenvalue weighted by molar-refractivity contribution is 5.91. The van der Waals surface area contributed by atoms with Crippen LogP contribution in [0.4, 0.5) is 4.39 Å². The molecule has 0 atom stereocenters. The Bertz CT molecular complexity index is 701. The number of methoxy groups -OCH3 is 2. The molecule has 0 unspecified atom stereocenters. The van der Waals surface area contributed by atoms with Gasteiger partial charge in [0.05, 0.1) is 24.6 Å². The number of hydrogen-bond acceptors (Lipinski definition) is 6. The quantitative estimate of drug-likeness (QED) is 0.639. The Morgan fingerprint density at radius 3 is 2.77 bits per heavy atom. The lowest BCUT2D eigenvalue weighted by atomic mass is 10.2. The number of esters is 1. The molecule has 0 bridgehead atoms. The van der Waals surface area contributed by atoms with Crippen LogP contribution in [0.5, 0.6) is 0 Å². The van der Waals surface area contributed by atoms with Crippen LogP contribution < -0.4 is 5.32 Å². The van der Waals surface area contributed by atoms with E-state index in [-0.39, 0.29) is 23.7 Å². The van der Waals surface area contributed by atoms with Crippen LogP contribution in [0.3, 0.4) is 0 Å². The Kier molecular flexibility index (Phi) is 4.79. The normalized spacial score (nSPS) is 10.3. The number of ether oxygens (including phenoxy) is 2. The molecule has 116 valence electrons. The summed E-state index contributed by atoms with van der Waals surface area (Å²) in [6.45, 7) is 0.0359. The van der Waals surface area contributed by atoms with Gasteiger partial charge in [0.15, 0.2) is 5.69 Å². The molecule has 1 aromatic heterocycles. The van der Waals surface area contributed by atoms with Crippen molar-refractivity contribution in [2.45, 2.75) is 0 Å². The van der Waals surface area contributed by atoms with Gasteiger partial charge >= 0.3 is 5.97 Å². The van der Waals surface area contributed by atoms with Crippen molar-refractivity contribution >= 4 is 11.9 Å². The first kappa shape index (κ1) is 15.6. The van der Waals surface area contributed by atoms with E-state index < -0.39 is 17.7 Å². The van der Waals surface area contributed by atoms with Crippen molar-refractivity contribution in [3.8, 4) is 5.69 Å².